The van der Waals surface area contributed by atoms with Crippen molar-refractivity contribution in [3.05, 3.63) is 42.2 Å². The summed E-state index contributed by atoms with van der Waals surface area (Å²) in [6.07, 6.45) is 2.44. The van der Waals surface area contributed by atoms with Crippen molar-refractivity contribution in [1.29, 1.82) is 0 Å². The molecule has 2 rings (SSSR count). The molecule has 1 aromatic carbocycles. The third-order valence-electron chi connectivity index (χ3n) is 2.84. The minimum Gasteiger partial charge on any atom is -0.499 e. The minimum atomic E-state index is -1.66. The Kier molecular flexibility index (Phi) is 3.69. The Morgan fingerprint density at radius 1 is 1.30 bits per heavy atom. The number of hydrogen-bond donors (Lipinski definition) is 1. The number of carbonyl (C=O) groups excluding carboxylic acids is 2. The molecule has 0 radical (unpaired) electrons. The number of nitrogens with one attached hydrogen (secondary N) is 1. The van der Waals surface area contributed by atoms with Crippen LogP contribution in [0.1, 0.15) is 0 Å². The summed E-state index contributed by atoms with van der Waals surface area (Å²) in [6.45, 7) is -0.233. The molecule has 106 valence electrons. The van der Waals surface area contributed by atoms with Gasteiger partial charge in [-0.15, -0.1) is 0 Å². The van der Waals surface area contributed by atoms with Gasteiger partial charge >= 0.3 is 5.97 Å². The monoisotopic (exact) mass is 283 g/mol. The number of ether oxygens (including phenoxy) is 2. The highest BCUT2D eigenvalue weighted by Crippen LogP contribution is 2.29. The highest BCUT2D eigenvalue weighted by atomic mass is 19.1. The number of anilines is 1. The molecule has 20 heavy (non-hydrogen) atoms. The fraction of sp³-hybridized carbons (Fsp3) is 0.231. The highest BCUT2D eigenvalue weighted by Gasteiger charge is 2.48. The summed E-state index contributed by atoms with van der Waals surface area (Å²) >= 11 is 0. The van der Waals surface area contributed by atoms with E-state index in [1.807, 2.05) is 0 Å². The summed E-state index contributed by atoms with van der Waals surface area (Å²) in [6, 6.07) is 2.54. The first kappa shape index (κ1) is 14.0. The first-order chi connectivity index (χ1) is 9.48. The van der Waals surface area contributed by atoms with Crippen LogP contribution < -0.4 is 5.32 Å². The molecule has 0 spiro atoms. The second-order valence-electron chi connectivity index (χ2n) is 4.19. The molecular weight excluding hydrogens is 272 g/mol. The molecule has 1 N–H and O–H groups in total. The van der Waals surface area contributed by atoms with Gasteiger partial charge in [0.05, 0.1) is 13.4 Å². The van der Waals surface area contributed by atoms with Crippen LogP contribution in [0.5, 0.6) is 0 Å². The third-order valence-corrected chi connectivity index (χ3v) is 2.84. The predicted molar refractivity (Wildman–Crippen MR) is 64.5 cm³/mol. The predicted octanol–water partition coefficient (Wildman–Crippen LogP) is 1.61. The Morgan fingerprint density at radius 2 is 1.95 bits per heavy atom. The molecule has 1 aromatic rings. The van der Waals surface area contributed by atoms with E-state index in [0.717, 1.165) is 19.2 Å². The summed E-state index contributed by atoms with van der Waals surface area (Å²) in [7, 11) is 1.13. The van der Waals surface area contributed by atoms with E-state index in [-0.39, 0.29) is 12.3 Å². The topological polar surface area (TPSA) is 64.6 Å². The lowest BCUT2D eigenvalue weighted by molar-refractivity contribution is -0.154. The number of amides is 1. The van der Waals surface area contributed by atoms with Crippen molar-refractivity contribution >= 4 is 17.6 Å². The van der Waals surface area contributed by atoms with Gasteiger partial charge in [-0.25, -0.2) is 8.78 Å². The molecule has 1 aliphatic heterocycles. The van der Waals surface area contributed by atoms with Crippen molar-refractivity contribution in [2.75, 3.05) is 19.0 Å². The Balaban J connectivity index is 2.26. The van der Waals surface area contributed by atoms with Gasteiger partial charge in [0.15, 0.2) is 0 Å². The van der Waals surface area contributed by atoms with E-state index in [1.165, 1.54) is 12.3 Å². The second-order valence-corrected chi connectivity index (χ2v) is 4.19. The number of rotatable bonds is 3. The van der Waals surface area contributed by atoms with Crippen LogP contribution in [0.25, 0.3) is 0 Å². The summed E-state index contributed by atoms with van der Waals surface area (Å²) in [5, 5.41) is 2.27. The first-order valence-electron chi connectivity index (χ1n) is 5.63. The highest BCUT2D eigenvalue weighted by molar-refractivity contribution is 6.11. The van der Waals surface area contributed by atoms with Crippen LogP contribution in [0.4, 0.5) is 14.5 Å². The number of methoxy groups -OCH3 is 1. The molecule has 0 bridgehead atoms. The average Bonchev–Trinajstić information content (AvgIpc) is 2.87. The Hall–Kier alpha value is -2.44. The van der Waals surface area contributed by atoms with E-state index < -0.39 is 28.9 Å². The number of hydrogen-bond acceptors (Lipinski definition) is 4. The fourth-order valence-corrected chi connectivity index (χ4v) is 1.80. The normalized spacial score (nSPS) is 20.4. The van der Waals surface area contributed by atoms with E-state index in [0.29, 0.717) is 6.07 Å². The smallest absolute Gasteiger partial charge is 0.329 e. The van der Waals surface area contributed by atoms with Crippen LogP contribution >= 0.6 is 0 Å². The lowest BCUT2D eigenvalue weighted by Crippen LogP contribution is -2.43. The zero-order chi connectivity index (χ0) is 14.8. The van der Waals surface area contributed by atoms with Crippen LogP contribution in [0, 0.1) is 17.0 Å². The maximum absolute atomic E-state index is 13.1. The van der Waals surface area contributed by atoms with E-state index >= 15 is 0 Å². The molecule has 1 unspecified atom stereocenters. The number of halogens is 2. The molecule has 1 heterocycles. The van der Waals surface area contributed by atoms with Gasteiger partial charge in [-0.3, -0.25) is 9.59 Å². The van der Waals surface area contributed by atoms with Gasteiger partial charge in [-0.05, 0) is 18.2 Å². The van der Waals surface area contributed by atoms with E-state index in [1.54, 1.807) is 0 Å². The van der Waals surface area contributed by atoms with Crippen LogP contribution in [0.15, 0.2) is 30.5 Å². The zero-order valence-electron chi connectivity index (χ0n) is 10.5. The van der Waals surface area contributed by atoms with Crippen molar-refractivity contribution < 1.29 is 27.8 Å². The lowest BCUT2D eigenvalue weighted by Gasteiger charge is -2.21. The van der Waals surface area contributed by atoms with Gasteiger partial charge in [0.25, 0.3) is 0 Å². The van der Waals surface area contributed by atoms with Crippen LogP contribution in [0.2, 0.25) is 0 Å². The molecule has 0 saturated carbocycles. The lowest BCUT2D eigenvalue weighted by atomic mass is 9.89. The second kappa shape index (κ2) is 5.28. The van der Waals surface area contributed by atoms with Gasteiger partial charge < -0.3 is 14.8 Å². The number of carbonyl (C=O) groups is 2. The summed E-state index contributed by atoms with van der Waals surface area (Å²) < 4.78 is 35.6. The molecule has 7 heteroatoms. The minimum absolute atomic E-state index is 0.101. The summed E-state index contributed by atoms with van der Waals surface area (Å²) in [4.78, 5) is 23.9. The molecular formula is C13H11F2NO4. The maximum Gasteiger partial charge on any atom is 0.329 e. The molecule has 0 aromatic heterocycles. The molecule has 0 aliphatic carbocycles. The van der Waals surface area contributed by atoms with E-state index in [2.05, 4.69) is 10.1 Å². The van der Waals surface area contributed by atoms with Gasteiger partial charge in [-0.1, -0.05) is 0 Å². The quantitative estimate of drug-likeness (QED) is 0.676. The summed E-state index contributed by atoms with van der Waals surface area (Å²) in [5.74, 6) is -3.29. The first-order valence-corrected chi connectivity index (χ1v) is 5.63. The van der Waals surface area contributed by atoms with E-state index in [9.17, 15) is 18.4 Å². The van der Waals surface area contributed by atoms with Crippen LogP contribution in [-0.2, 0) is 19.1 Å². The maximum atomic E-state index is 13.1. The Morgan fingerprint density at radius 3 is 2.45 bits per heavy atom. The fourth-order valence-electron chi connectivity index (χ4n) is 1.80. The third kappa shape index (κ3) is 2.47. The zero-order valence-corrected chi connectivity index (χ0v) is 10.5. The Bertz CT molecular complexity index is 567. The van der Waals surface area contributed by atoms with Gasteiger partial charge in [0.1, 0.15) is 18.2 Å². The van der Waals surface area contributed by atoms with Crippen LogP contribution in [-0.4, -0.2) is 25.6 Å². The van der Waals surface area contributed by atoms with Crippen molar-refractivity contribution in [3.63, 3.8) is 0 Å². The summed E-state index contributed by atoms with van der Waals surface area (Å²) in [5.41, 5.74) is -1.76. The molecule has 0 fully saturated rings. The van der Waals surface area contributed by atoms with Crippen LogP contribution in [0.3, 0.4) is 0 Å². The van der Waals surface area contributed by atoms with Crippen molar-refractivity contribution in [2.24, 2.45) is 5.41 Å². The Labute approximate surface area is 113 Å². The van der Waals surface area contributed by atoms with Crippen molar-refractivity contribution in [1.82, 2.24) is 0 Å². The standard InChI is InChI=1S/C13H11F2NO4/c1-19-12(18)13(2-3-20-7-13)11(17)16-10-5-8(14)4-9(15)6-10/h2-6H,7H2,1H3,(H,16,17). The molecule has 1 aliphatic rings. The number of benzene rings is 1. The van der Waals surface area contributed by atoms with Crippen molar-refractivity contribution in [3.8, 4) is 0 Å². The van der Waals surface area contributed by atoms with Crippen molar-refractivity contribution in [2.45, 2.75) is 0 Å². The van der Waals surface area contributed by atoms with Gasteiger partial charge in [0.2, 0.25) is 11.3 Å². The molecule has 1 amide bonds. The SMILES string of the molecule is COC(=O)C1(C(=O)Nc2cc(F)cc(F)c2)C=COC1. The molecule has 5 nitrogen and oxygen atoms in total. The average molecular weight is 283 g/mol. The largest absolute Gasteiger partial charge is 0.499 e. The van der Waals surface area contributed by atoms with Gasteiger partial charge in [-0.2, -0.15) is 0 Å². The van der Waals surface area contributed by atoms with Gasteiger partial charge in [0, 0.05) is 11.8 Å². The number of esters is 1. The molecule has 0 saturated heterocycles. The van der Waals surface area contributed by atoms with E-state index in [4.69, 9.17) is 4.74 Å². The molecule has 1 atom stereocenters.